The second-order valence-electron chi connectivity index (χ2n) is 9.35. The molecule has 3 aromatic heterocycles. The van der Waals surface area contributed by atoms with E-state index in [1.165, 1.54) is 6.33 Å². The van der Waals surface area contributed by atoms with Crippen LogP contribution in [0.3, 0.4) is 0 Å². The summed E-state index contributed by atoms with van der Waals surface area (Å²) in [6.45, 7) is 2.95. The second kappa shape index (κ2) is 9.25. The van der Waals surface area contributed by atoms with Crippen LogP contribution in [0.25, 0.3) is 22.1 Å². The number of likely N-dealkylation sites (N-methyl/N-ethyl adjacent to an activating group) is 1. The maximum atomic E-state index is 14.3. The van der Waals surface area contributed by atoms with E-state index in [0.29, 0.717) is 35.9 Å². The van der Waals surface area contributed by atoms with Gasteiger partial charge in [0.2, 0.25) is 5.95 Å². The number of ether oxygens (including phenoxy) is 1. The Morgan fingerprint density at radius 2 is 1.89 bits per heavy atom. The van der Waals surface area contributed by atoms with Gasteiger partial charge >= 0.3 is 0 Å². The Hall–Kier alpha value is -4.38. The summed E-state index contributed by atoms with van der Waals surface area (Å²) in [6, 6.07) is 11.3. The lowest BCUT2D eigenvalue weighted by Gasteiger charge is -2.15. The van der Waals surface area contributed by atoms with Crippen molar-refractivity contribution in [3.63, 3.8) is 0 Å². The normalized spacial score (nSPS) is 17.9. The van der Waals surface area contributed by atoms with Gasteiger partial charge in [0.15, 0.2) is 5.82 Å². The fraction of sp³-hybridized carbons (Fsp3) is 0.269. The van der Waals surface area contributed by atoms with Crippen LogP contribution in [-0.4, -0.2) is 66.7 Å². The molecule has 1 aliphatic rings. The molecule has 0 radical (unpaired) electrons. The molecular weight excluding hydrogens is 473 g/mol. The lowest BCUT2D eigenvalue weighted by atomic mass is 10.2. The van der Waals surface area contributed by atoms with Crippen molar-refractivity contribution in [2.45, 2.75) is 19.1 Å². The van der Waals surface area contributed by atoms with Crippen LogP contribution < -0.4 is 15.4 Å². The van der Waals surface area contributed by atoms with Gasteiger partial charge in [0.1, 0.15) is 35.0 Å². The third kappa shape index (κ3) is 4.60. The minimum atomic E-state index is -0.983. The van der Waals surface area contributed by atoms with Crippen LogP contribution in [0.2, 0.25) is 0 Å². The fourth-order valence-corrected chi connectivity index (χ4v) is 4.55. The number of halogens is 1. The van der Waals surface area contributed by atoms with Gasteiger partial charge in [-0.2, -0.15) is 0 Å². The van der Waals surface area contributed by atoms with Crippen molar-refractivity contribution >= 4 is 39.5 Å². The lowest BCUT2D eigenvalue weighted by Crippen LogP contribution is -2.30. The summed E-state index contributed by atoms with van der Waals surface area (Å²) >= 11 is 0. The minimum absolute atomic E-state index is 0.345. The van der Waals surface area contributed by atoms with Gasteiger partial charge in [0.05, 0.1) is 29.6 Å². The number of alkyl halides is 1. The summed E-state index contributed by atoms with van der Waals surface area (Å²) in [5, 5.41) is 6.43. The van der Waals surface area contributed by atoms with E-state index in [1.54, 1.807) is 12.5 Å². The van der Waals surface area contributed by atoms with Gasteiger partial charge in [-0.1, -0.05) is 0 Å². The standard InChI is InChI=1S/C26H26FN9O/c1-15-8-16(4-7-23(15)37-17-5-6-22-19(9-17)31-14-36(22)3)32-25-24-20(29-13-30-25)10-28-26(34-24)33-21-12-35(2)11-18(21)27/h4-10,13-14,18,21H,11-12H2,1-3H3,(H,28,33,34)(H,29,30,32)/t18-,21+/m1/s1. The summed E-state index contributed by atoms with van der Waals surface area (Å²) in [7, 11) is 3.85. The number of imidazole rings is 1. The van der Waals surface area contributed by atoms with Crippen LogP contribution >= 0.6 is 0 Å². The Kier molecular flexibility index (Phi) is 5.76. The Balaban J connectivity index is 1.22. The Labute approximate surface area is 212 Å². The summed E-state index contributed by atoms with van der Waals surface area (Å²) in [6.07, 6.45) is 3.88. The van der Waals surface area contributed by atoms with Crippen LogP contribution in [-0.2, 0) is 7.05 Å². The predicted octanol–water partition coefficient (Wildman–Crippen LogP) is 4.21. The number of nitrogens with zero attached hydrogens (tertiary/aromatic N) is 7. The largest absolute Gasteiger partial charge is 0.457 e. The number of hydrogen-bond acceptors (Lipinski definition) is 9. The third-order valence-electron chi connectivity index (χ3n) is 6.49. The fourth-order valence-electron chi connectivity index (χ4n) is 4.55. The SMILES string of the molecule is Cc1cc(Nc2ncnc3cnc(N[C@H]4CN(C)C[C@H]4F)nc23)ccc1Oc1ccc2c(c1)ncn2C. The monoisotopic (exact) mass is 499 g/mol. The second-order valence-corrected chi connectivity index (χ2v) is 9.35. The molecule has 188 valence electrons. The van der Waals surface area contributed by atoms with Crippen molar-refractivity contribution in [1.82, 2.24) is 34.4 Å². The van der Waals surface area contributed by atoms with E-state index in [-0.39, 0.29) is 6.04 Å². The molecule has 6 rings (SSSR count). The first-order chi connectivity index (χ1) is 17.9. The van der Waals surface area contributed by atoms with Crippen molar-refractivity contribution in [2.75, 3.05) is 30.8 Å². The van der Waals surface area contributed by atoms with Crippen molar-refractivity contribution < 1.29 is 9.13 Å². The third-order valence-corrected chi connectivity index (χ3v) is 6.49. The molecule has 37 heavy (non-hydrogen) atoms. The van der Waals surface area contributed by atoms with E-state index in [9.17, 15) is 4.39 Å². The number of aromatic nitrogens is 6. The van der Waals surface area contributed by atoms with Gasteiger partial charge in [-0.05, 0) is 49.9 Å². The number of anilines is 3. The maximum absolute atomic E-state index is 14.3. The highest BCUT2D eigenvalue weighted by Gasteiger charge is 2.31. The first-order valence-electron chi connectivity index (χ1n) is 12.0. The highest BCUT2D eigenvalue weighted by Crippen LogP contribution is 2.31. The van der Waals surface area contributed by atoms with Crippen LogP contribution in [0.15, 0.2) is 55.2 Å². The quantitative estimate of drug-likeness (QED) is 0.355. The average Bonchev–Trinajstić information content (AvgIpc) is 3.41. The Morgan fingerprint density at radius 3 is 2.70 bits per heavy atom. The number of nitrogens with one attached hydrogen (secondary N) is 2. The summed E-state index contributed by atoms with van der Waals surface area (Å²) in [5.74, 6) is 2.34. The van der Waals surface area contributed by atoms with Crippen molar-refractivity contribution in [2.24, 2.45) is 7.05 Å². The molecule has 0 saturated carbocycles. The van der Waals surface area contributed by atoms with E-state index in [1.807, 2.05) is 66.9 Å². The zero-order chi connectivity index (χ0) is 25.5. The number of benzene rings is 2. The number of aryl methyl sites for hydroxylation is 2. The molecule has 1 aliphatic heterocycles. The van der Waals surface area contributed by atoms with Crippen molar-refractivity contribution in [3.8, 4) is 11.5 Å². The van der Waals surface area contributed by atoms with E-state index in [4.69, 9.17) is 4.74 Å². The van der Waals surface area contributed by atoms with Gasteiger partial charge in [0, 0.05) is 31.9 Å². The Bertz CT molecular complexity index is 1600. The molecule has 1 fully saturated rings. The van der Waals surface area contributed by atoms with E-state index in [2.05, 4.69) is 35.6 Å². The zero-order valence-electron chi connectivity index (χ0n) is 20.7. The molecule has 0 amide bonds. The van der Waals surface area contributed by atoms with Gasteiger partial charge in [-0.3, -0.25) is 0 Å². The Morgan fingerprint density at radius 1 is 1.00 bits per heavy atom. The molecule has 11 heteroatoms. The van der Waals surface area contributed by atoms with Crippen molar-refractivity contribution in [1.29, 1.82) is 0 Å². The number of likely N-dealkylation sites (tertiary alicyclic amines) is 1. The smallest absolute Gasteiger partial charge is 0.223 e. The van der Waals surface area contributed by atoms with E-state index < -0.39 is 6.17 Å². The molecule has 1 saturated heterocycles. The number of rotatable bonds is 6. The highest BCUT2D eigenvalue weighted by atomic mass is 19.1. The van der Waals surface area contributed by atoms with Crippen LogP contribution in [0.5, 0.6) is 11.5 Å². The van der Waals surface area contributed by atoms with Gasteiger partial charge in [-0.25, -0.2) is 29.3 Å². The van der Waals surface area contributed by atoms with Crippen molar-refractivity contribution in [3.05, 3.63) is 60.8 Å². The molecule has 2 aromatic carbocycles. The van der Waals surface area contributed by atoms with Crippen LogP contribution in [0, 0.1) is 6.92 Å². The predicted molar refractivity (Wildman–Crippen MR) is 140 cm³/mol. The molecule has 2 atom stereocenters. The topological polar surface area (TPSA) is 106 Å². The summed E-state index contributed by atoms with van der Waals surface area (Å²) in [5.41, 5.74) is 4.82. The zero-order valence-corrected chi connectivity index (χ0v) is 20.7. The molecular formula is C26H26FN9O. The lowest BCUT2D eigenvalue weighted by molar-refractivity contribution is 0.314. The van der Waals surface area contributed by atoms with E-state index in [0.717, 1.165) is 33.8 Å². The first kappa shape index (κ1) is 23.0. The summed E-state index contributed by atoms with van der Waals surface area (Å²) in [4.78, 5) is 23.9. The first-order valence-corrected chi connectivity index (χ1v) is 12.0. The van der Waals surface area contributed by atoms with Crippen LogP contribution in [0.4, 0.5) is 21.8 Å². The molecule has 10 nitrogen and oxygen atoms in total. The number of fused-ring (bicyclic) bond motifs is 2. The molecule has 0 spiro atoms. The maximum Gasteiger partial charge on any atom is 0.223 e. The highest BCUT2D eigenvalue weighted by molar-refractivity contribution is 5.87. The summed E-state index contributed by atoms with van der Waals surface area (Å²) < 4.78 is 22.4. The number of hydrogen-bond donors (Lipinski definition) is 2. The molecule has 2 N–H and O–H groups in total. The van der Waals surface area contributed by atoms with Gasteiger partial charge in [0.25, 0.3) is 0 Å². The molecule has 4 heterocycles. The van der Waals surface area contributed by atoms with Gasteiger partial charge in [-0.15, -0.1) is 0 Å². The van der Waals surface area contributed by atoms with Gasteiger partial charge < -0.3 is 24.8 Å². The minimum Gasteiger partial charge on any atom is -0.457 e. The van der Waals surface area contributed by atoms with Crippen LogP contribution in [0.1, 0.15) is 5.56 Å². The molecule has 0 aliphatic carbocycles. The molecule has 5 aromatic rings. The average molecular weight is 500 g/mol. The molecule has 0 unspecified atom stereocenters. The molecule has 0 bridgehead atoms. The van der Waals surface area contributed by atoms with E-state index >= 15 is 0 Å².